The second-order valence-corrected chi connectivity index (χ2v) is 4.57. The number of ether oxygens (including phenoxy) is 2. The quantitative estimate of drug-likeness (QED) is 0.741. The van der Waals surface area contributed by atoms with Crippen LogP contribution in [0.15, 0.2) is 18.2 Å². The van der Waals surface area contributed by atoms with Crippen LogP contribution >= 0.6 is 0 Å². The molecule has 0 aliphatic carbocycles. The molecular formula is C15H21NO4. The summed E-state index contributed by atoms with van der Waals surface area (Å²) in [6.07, 6.45) is 2.68. The molecule has 1 aromatic rings. The first-order chi connectivity index (χ1) is 9.60. The van der Waals surface area contributed by atoms with Gasteiger partial charge in [0.1, 0.15) is 6.29 Å². The Morgan fingerprint density at radius 3 is 2.75 bits per heavy atom. The first-order valence-electron chi connectivity index (χ1n) is 6.66. The van der Waals surface area contributed by atoms with Gasteiger partial charge in [0.25, 0.3) is 5.91 Å². The van der Waals surface area contributed by atoms with Crippen LogP contribution < -0.4 is 14.8 Å². The molecule has 0 radical (unpaired) electrons. The van der Waals surface area contributed by atoms with Crippen molar-refractivity contribution < 1.29 is 19.1 Å². The van der Waals surface area contributed by atoms with E-state index in [-0.39, 0.29) is 18.6 Å². The summed E-state index contributed by atoms with van der Waals surface area (Å²) in [6.45, 7) is 3.95. The Morgan fingerprint density at radius 2 is 2.15 bits per heavy atom. The van der Waals surface area contributed by atoms with Crippen molar-refractivity contribution in [2.75, 3.05) is 13.7 Å². The van der Waals surface area contributed by atoms with Gasteiger partial charge in [-0.05, 0) is 31.5 Å². The van der Waals surface area contributed by atoms with Crippen molar-refractivity contribution in [3.63, 3.8) is 0 Å². The van der Waals surface area contributed by atoms with Crippen LogP contribution in [0.4, 0.5) is 0 Å². The van der Waals surface area contributed by atoms with Gasteiger partial charge in [0.2, 0.25) is 0 Å². The molecule has 0 saturated heterocycles. The number of nitrogens with one attached hydrogen (secondary N) is 1. The number of carbonyl (C=O) groups is 2. The predicted octanol–water partition coefficient (Wildman–Crippen LogP) is 2.19. The molecule has 1 rings (SSSR count). The highest BCUT2D eigenvalue weighted by Gasteiger charge is 2.10. The molecule has 0 bridgehead atoms. The van der Waals surface area contributed by atoms with E-state index in [9.17, 15) is 9.59 Å². The van der Waals surface area contributed by atoms with Crippen molar-refractivity contribution in [1.29, 1.82) is 0 Å². The molecule has 0 heterocycles. The molecule has 1 aromatic carbocycles. The predicted molar refractivity (Wildman–Crippen MR) is 76.4 cm³/mol. The second-order valence-electron chi connectivity index (χ2n) is 4.57. The lowest BCUT2D eigenvalue weighted by molar-refractivity contribution is -0.123. The Labute approximate surface area is 119 Å². The molecule has 1 atom stereocenters. The van der Waals surface area contributed by atoms with Crippen LogP contribution in [0.25, 0.3) is 0 Å². The number of aldehydes is 1. The summed E-state index contributed by atoms with van der Waals surface area (Å²) in [5, 5.41) is 2.85. The van der Waals surface area contributed by atoms with Crippen LogP contribution in [0, 0.1) is 0 Å². The molecule has 0 aromatic heterocycles. The minimum absolute atomic E-state index is 0.0785. The third-order valence-corrected chi connectivity index (χ3v) is 2.81. The SMILES string of the molecule is CCCC(C)NC(=O)COc1ccc(C=O)cc1OC. The monoisotopic (exact) mass is 279 g/mol. The summed E-state index contributed by atoms with van der Waals surface area (Å²) >= 11 is 0. The molecule has 0 aliphatic rings. The van der Waals surface area contributed by atoms with Crippen LogP contribution in [-0.2, 0) is 4.79 Å². The highest BCUT2D eigenvalue weighted by Crippen LogP contribution is 2.27. The normalized spacial score (nSPS) is 11.6. The Bertz CT molecular complexity index is 459. The number of carbonyl (C=O) groups excluding carboxylic acids is 2. The van der Waals surface area contributed by atoms with Gasteiger partial charge < -0.3 is 14.8 Å². The van der Waals surface area contributed by atoms with E-state index < -0.39 is 0 Å². The highest BCUT2D eigenvalue weighted by molar-refractivity contribution is 5.78. The van der Waals surface area contributed by atoms with E-state index in [1.807, 2.05) is 6.92 Å². The number of benzene rings is 1. The average molecular weight is 279 g/mol. The van der Waals surface area contributed by atoms with E-state index in [0.717, 1.165) is 19.1 Å². The summed E-state index contributed by atoms with van der Waals surface area (Å²) < 4.78 is 10.5. The summed E-state index contributed by atoms with van der Waals surface area (Å²) in [5.41, 5.74) is 0.496. The van der Waals surface area contributed by atoms with Gasteiger partial charge in [0.15, 0.2) is 18.1 Å². The maximum atomic E-state index is 11.7. The Kier molecular flexibility index (Phi) is 6.56. The Hall–Kier alpha value is -2.04. The molecule has 5 heteroatoms. The van der Waals surface area contributed by atoms with Crippen molar-refractivity contribution in [3.05, 3.63) is 23.8 Å². The zero-order valence-corrected chi connectivity index (χ0v) is 12.1. The maximum absolute atomic E-state index is 11.7. The van der Waals surface area contributed by atoms with E-state index in [1.165, 1.54) is 7.11 Å². The van der Waals surface area contributed by atoms with E-state index in [4.69, 9.17) is 9.47 Å². The molecule has 110 valence electrons. The zero-order valence-electron chi connectivity index (χ0n) is 12.1. The van der Waals surface area contributed by atoms with Gasteiger partial charge in [0.05, 0.1) is 7.11 Å². The van der Waals surface area contributed by atoms with E-state index in [1.54, 1.807) is 18.2 Å². The van der Waals surface area contributed by atoms with Gasteiger partial charge in [-0.15, -0.1) is 0 Å². The largest absolute Gasteiger partial charge is 0.493 e. The van der Waals surface area contributed by atoms with Crippen molar-refractivity contribution in [2.24, 2.45) is 0 Å². The van der Waals surface area contributed by atoms with Crippen molar-refractivity contribution >= 4 is 12.2 Å². The first-order valence-corrected chi connectivity index (χ1v) is 6.66. The molecule has 0 saturated carbocycles. The van der Waals surface area contributed by atoms with Crippen LogP contribution in [-0.4, -0.2) is 32.0 Å². The summed E-state index contributed by atoms with van der Waals surface area (Å²) in [6, 6.07) is 4.93. The molecular weight excluding hydrogens is 258 g/mol. The lowest BCUT2D eigenvalue weighted by Crippen LogP contribution is -2.35. The number of rotatable bonds is 8. The van der Waals surface area contributed by atoms with Gasteiger partial charge in [-0.25, -0.2) is 0 Å². The van der Waals surface area contributed by atoms with Gasteiger partial charge >= 0.3 is 0 Å². The molecule has 1 unspecified atom stereocenters. The third-order valence-electron chi connectivity index (χ3n) is 2.81. The van der Waals surface area contributed by atoms with Crippen molar-refractivity contribution in [3.8, 4) is 11.5 Å². The summed E-state index contributed by atoms with van der Waals surface area (Å²) in [5.74, 6) is 0.702. The van der Waals surface area contributed by atoms with Gasteiger partial charge in [-0.1, -0.05) is 13.3 Å². The van der Waals surface area contributed by atoms with Gasteiger partial charge in [0, 0.05) is 11.6 Å². The van der Waals surface area contributed by atoms with Crippen molar-refractivity contribution in [2.45, 2.75) is 32.7 Å². The number of hydrogen-bond acceptors (Lipinski definition) is 4. The highest BCUT2D eigenvalue weighted by atomic mass is 16.5. The minimum atomic E-state index is -0.174. The van der Waals surface area contributed by atoms with Crippen molar-refractivity contribution in [1.82, 2.24) is 5.32 Å². The van der Waals surface area contributed by atoms with E-state index >= 15 is 0 Å². The van der Waals surface area contributed by atoms with E-state index in [2.05, 4.69) is 12.2 Å². The molecule has 0 aliphatic heterocycles. The molecule has 0 fully saturated rings. The fourth-order valence-corrected chi connectivity index (χ4v) is 1.84. The average Bonchev–Trinajstić information content (AvgIpc) is 2.45. The fraction of sp³-hybridized carbons (Fsp3) is 0.467. The van der Waals surface area contributed by atoms with Crippen LogP contribution in [0.1, 0.15) is 37.0 Å². The minimum Gasteiger partial charge on any atom is -0.493 e. The lowest BCUT2D eigenvalue weighted by atomic mass is 10.2. The van der Waals surface area contributed by atoms with Crippen LogP contribution in [0.5, 0.6) is 11.5 Å². The molecule has 1 amide bonds. The van der Waals surface area contributed by atoms with Crippen LogP contribution in [0.2, 0.25) is 0 Å². The van der Waals surface area contributed by atoms with E-state index in [0.29, 0.717) is 17.1 Å². The first kappa shape index (κ1) is 16.0. The Morgan fingerprint density at radius 1 is 1.40 bits per heavy atom. The zero-order chi connectivity index (χ0) is 15.0. The Balaban J connectivity index is 2.56. The summed E-state index contributed by atoms with van der Waals surface area (Å²) in [7, 11) is 1.49. The fourth-order valence-electron chi connectivity index (χ4n) is 1.84. The molecule has 1 N–H and O–H groups in total. The smallest absolute Gasteiger partial charge is 0.258 e. The van der Waals surface area contributed by atoms with Gasteiger partial charge in [-0.3, -0.25) is 9.59 Å². The van der Waals surface area contributed by atoms with Gasteiger partial charge in [-0.2, -0.15) is 0 Å². The number of amides is 1. The standard InChI is InChI=1S/C15H21NO4/c1-4-5-11(2)16-15(18)10-20-13-7-6-12(9-17)8-14(13)19-3/h6-9,11H,4-5,10H2,1-3H3,(H,16,18). The lowest BCUT2D eigenvalue weighted by Gasteiger charge is -2.14. The third kappa shape index (κ3) is 4.91. The molecule has 0 spiro atoms. The molecule has 5 nitrogen and oxygen atoms in total. The molecule has 20 heavy (non-hydrogen) atoms. The summed E-state index contributed by atoms with van der Waals surface area (Å²) in [4.78, 5) is 22.4. The topological polar surface area (TPSA) is 64.6 Å². The second kappa shape index (κ2) is 8.19. The number of hydrogen-bond donors (Lipinski definition) is 1. The maximum Gasteiger partial charge on any atom is 0.258 e. The van der Waals surface area contributed by atoms with Crippen LogP contribution in [0.3, 0.4) is 0 Å². The number of methoxy groups -OCH3 is 1.